The Morgan fingerprint density at radius 1 is 1.25 bits per heavy atom. The molecule has 0 saturated heterocycles. The van der Waals surface area contributed by atoms with E-state index in [2.05, 4.69) is 6.58 Å². The molecule has 0 spiro atoms. The fraction of sp³-hybridized carbons (Fsp3) is 0.786. The highest BCUT2D eigenvalue weighted by atomic mass is 32.2. The summed E-state index contributed by atoms with van der Waals surface area (Å²) in [6, 6.07) is 0. The van der Waals surface area contributed by atoms with Crippen LogP contribution in [0.25, 0.3) is 0 Å². The largest absolute Gasteiger partial charge is 0.618 e. The number of rotatable bonds is 5. The van der Waals surface area contributed by atoms with Gasteiger partial charge in [-0.05, 0) is 44.4 Å². The molecule has 3 rings (SSSR count). The van der Waals surface area contributed by atoms with E-state index in [1.807, 2.05) is 0 Å². The molecule has 0 aromatic rings. The molecule has 3 aliphatic carbocycles. The van der Waals surface area contributed by atoms with E-state index in [1.54, 1.807) is 0 Å². The molecule has 0 heterocycles. The molecule has 1 N–H and O–H groups in total. The first-order chi connectivity index (χ1) is 10.9. The van der Waals surface area contributed by atoms with Gasteiger partial charge in [-0.2, -0.15) is 21.6 Å². The lowest BCUT2D eigenvalue weighted by molar-refractivity contribution is -0.719. The number of carbonyl (C=O) groups excluding carboxylic acids is 1. The number of nitrogens with one attached hydrogen (secondary N) is 1. The van der Waals surface area contributed by atoms with Gasteiger partial charge in [-0.1, -0.05) is 6.58 Å². The Balaban J connectivity index is 2.19. The minimum absolute atomic E-state index is 0.0651. The second-order valence-electron chi connectivity index (χ2n) is 6.51. The average molecular weight is 371 g/mol. The summed E-state index contributed by atoms with van der Waals surface area (Å²) in [5.74, 6) is -1.57. The van der Waals surface area contributed by atoms with E-state index < -0.39 is 44.5 Å². The highest BCUT2D eigenvalue weighted by Gasteiger charge is 2.54. The van der Waals surface area contributed by atoms with Gasteiger partial charge >= 0.3 is 21.5 Å². The van der Waals surface area contributed by atoms with Crippen LogP contribution in [-0.2, 0) is 19.6 Å². The number of hydroxylamine groups is 1. The molecule has 3 fully saturated rings. The van der Waals surface area contributed by atoms with Gasteiger partial charge < -0.3 is 9.94 Å². The van der Waals surface area contributed by atoms with E-state index in [0.29, 0.717) is 12.8 Å². The highest BCUT2D eigenvalue weighted by Crippen LogP contribution is 2.46. The molecule has 3 saturated carbocycles. The molecule has 0 aromatic carbocycles. The van der Waals surface area contributed by atoms with E-state index in [4.69, 9.17) is 4.74 Å². The minimum atomic E-state index is -5.86. The molecule has 0 radical (unpaired) electrons. The van der Waals surface area contributed by atoms with Crippen LogP contribution in [0.5, 0.6) is 0 Å². The lowest BCUT2D eigenvalue weighted by atomic mass is 9.63. The van der Waals surface area contributed by atoms with E-state index in [0.717, 1.165) is 12.8 Å². The predicted octanol–water partition coefficient (Wildman–Crippen LogP) is 1.14. The van der Waals surface area contributed by atoms with Gasteiger partial charge in [-0.3, -0.25) is 4.47 Å². The zero-order valence-corrected chi connectivity index (χ0v) is 14.0. The molecule has 0 amide bonds. The minimum Gasteiger partial charge on any atom is -0.618 e. The average Bonchev–Trinajstić information content (AvgIpc) is 2.48. The fourth-order valence-electron chi connectivity index (χ4n) is 3.64. The maximum absolute atomic E-state index is 12.5. The zero-order chi connectivity index (χ0) is 18.3. The number of alkyl halides is 3. The van der Waals surface area contributed by atoms with Gasteiger partial charge in [0.15, 0.2) is 0 Å². The number of fused-ring (bicyclic) bond motifs is 3. The van der Waals surface area contributed by atoms with Crippen molar-refractivity contribution >= 4 is 16.0 Å². The molecule has 0 aromatic heterocycles. The summed E-state index contributed by atoms with van der Waals surface area (Å²) in [4.78, 5) is 11.8. The monoisotopic (exact) mass is 371 g/mol. The number of hydrogen-bond acceptors (Lipinski definition) is 5. The molecular weight excluding hydrogens is 351 g/mol. The maximum atomic E-state index is 12.5. The van der Waals surface area contributed by atoms with E-state index in [9.17, 15) is 31.6 Å². The summed E-state index contributed by atoms with van der Waals surface area (Å²) in [5.41, 5.74) is -5.47. The van der Waals surface area contributed by atoms with E-state index in [1.165, 1.54) is 6.92 Å². The molecule has 3 atom stereocenters. The smallest absolute Gasteiger partial charge is 0.549 e. The Kier molecular flexibility index (Phi) is 5.31. The van der Waals surface area contributed by atoms with Crippen molar-refractivity contribution < 1.29 is 35.6 Å². The topological polar surface area (TPSA) is 87.9 Å². The van der Waals surface area contributed by atoms with Crippen LogP contribution in [0, 0.1) is 23.0 Å². The zero-order valence-electron chi connectivity index (χ0n) is 13.1. The number of hydrogen-bond donors (Lipinski definition) is 1. The first-order valence-electron chi connectivity index (χ1n) is 7.65. The Morgan fingerprint density at radius 2 is 1.75 bits per heavy atom. The third-order valence-electron chi connectivity index (χ3n) is 4.91. The number of carbonyl (C=O) groups is 1. The van der Waals surface area contributed by atoms with Crippen molar-refractivity contribution in [2.24, 2.45) is 17.8 Å². The normalized spacial score (nSPS) is 31.5. The van der Waals surface area contributed by atoms with Crippen molar-refractivity contribution in [3.8, 4) is 0 Å². The molecule has 10 heteroatoms. The fourth-order valence-corrected chi connectivity index (χ4v) is 4.31. The molecule has 2 bridgehead atoms. The second kappa shape index (κ2) is 6.64. The summed E-state index contributed by atoms with van der Waals surface area (Å²) >= 11 is 0. The van der Waals surface area contributed by atoms with Gasteiger partial charge in [-0.25, -0.2) is 4.79 Å². The van der Waals surface area contributed by atoms with Crippen LogP contribution >= 0.6 is 0 Å². The lowest BCUT2D eigenvalue weighted by Crippen LogP contribution is -3.11. The van der Waals surface area contributed by atoms with Crippen LogP contribution in [0.2, 0.25) is 0 Å². The molecule has 3 aliphatic rings. The molecular formula is C14H20F3NO5S. The van der Waals surface area contributed by atoms with Crippen molar-refractivity contribution in [1.82, 2.24) is 0 Å². The molecule has 3 unspecified atom stereocenters. The SMILES string of the molecule is C=C(C)C(=O)OC1C2CCC(CC2)C1C[NH+]([O-])S(=O)(=O)C(F)(F)F. The second-order valence-corrected chi connectivity index (χ2v) is 8.44. The first kappa shape index (κ1) is 19.2. The predicted molar refractivity (Wildman–Crippen MR) is 77.8 cm³/mol. The van der Waals surface area contributed by atoms with Crippen molar-refractivity contribution in [2.45, 2.75) is 44.2 Å². The Bertz CT molecular complexity index is 610. The van der Waals surface area contributed by atoms with Gasteiger partial charge in [0, 0.05) is 11.5 Å². The van der Waals surface area contributed by atoms with Crippen LogP contribution in [0.4, 0.5) is 13.2 Å². The molecule has 138 valence electrons. The number of esters is 1. The first-order valence-corrected chi connectivity index (χ1v) is 9.14. The van der Waals surface area contributed by atoms with Crippen LogP contribution in [-0.4, -0.2) is 32.5 Å². The maximum Gasteiger partial charge on any atom is 0.549 e. The Hall–Kier alpha value is -1.13. The number of halogens is 3. The van der Waals surface area contributed by atoms with Crippen molar-refractivity contribution in [3.05, 3.63) is 17.4 Å². The standard InChI is InChI=1S/C14H20F3NO5S/c1-8(2)13(19)23-12-10-5-3-9(4-6-10)11(12)7-18(20)24(21,22)14(15,16)17/h9-12,18H,1,3-7H2,2H3. The summed E-state index contributed by atoms with van der Waals surface area (Å²) in [6.45, 7) is 4.12. The number of sulfonamides is 1. The Labute approximate surface area is 138 Å². The molecule has 0 aliphatic heterocycles. The lowest BCUT2D eigenvalue weighted by Gasteiger charge is -2.48. The van der Waals surface area contributed by atoms with Gasteiger partial charge in [0.2, 0.25) is 0 Å². The number of ether oxygens (including phenoxy) is 1. The van der Waals surface area contributed by atoms with E-state index >= 15 is 0 Å². The quantitative estimate of drug-likeness (QED) is 0.445. The van der Waals surface area contributed by atoms with Gasteiger partial charge in [0.1, 0.15) is 6.10 Å². The van der Waals surface area contributed by atoms with Crippen molar-refractivity contribution in [3.63, 3.8) is 0 Å². The summed E-state index contributed by atoms with van der Waals surface area (Å²) < 4.78 is 63.6. The molecule has 6 nitrogen and oxygen atoms in total. The summed E-state index contributed by atoms with van der Waals surface area (Å²) in [6.07, 6.45) is 2.13. The Morgan fingerprint density at radius 3 is 2.21 bits per heavy atom. The van der Waals surface area contributed by atoms with E-state index in [-0.39, 0.29) is 17.4 Å². The van der Waals surface area contributed by atoms with Gasteiger partial charge in [0.05, 0.1) is 6.54 Å². The third-order valence-corrected chi connectivity index (χ3v) is 6.28. The summed E-state index contributed by atoms with van der Waals surface area (Å²) in [7, 11) is -5.86. The third kappa shape index (κ3) is 3.60. The van der Waals surface area contributed by atoms with Crippen LogP contribution in [0.15, 0.2) is 12.2 Å². The summed E-state index contributed by atoms with van der Waals surface area (Å²) in [5, 5.41) is 11.8. The highest BCUT2D eigenvalue weighted by molar-refractivity contribution is 7.86. The number of quaternary nitrogens is 1. The molecule has 24 heavy (non-hydrogen) atoms. The van der Waals surface area contributed by atoms with Gasteiger partial charge in [0.25, 0.3) is 0 Å². The van der Waals surface area contributed by atoms with Gasteiger partial charge in [-0.15, -0.1) is 0 Å². The van der Waals surface area contributed by atoms with Crippen LogP contribution in [0.3, 0.4) is 0 Å². The van der Waals surface area contributed by atoms with Crippen molar-refractivity contribution in [1.29, 1.82) is 0 Å². The van der Waals surface area contributed by atoms with Crippen LogP contribution in [0.1, 0.15) is 32.6 Å². The van der Waals surface area contributed by atoms with Crippen molar-refractivity contribution in [2.75, 3.05) is 6.54 Å². The van der Waals surface area contributed by atoms with Crippen LogP contribution < -0.4 is 4.47 Å².